The molecule has 0 radical (unpaired) electrons. The number of hydrogen-bond acceptors (Lipinski definition) is 8. The lowest BCUT2D eigenvalue weighted by Gasteiger charge is -2.17. The van der Waals surface area contributed by atoms with Crippen LogP contribution in [0.1, 0.15) is 60.3 Å². The van der Waals surface area contributed by atoms with Gasteiger partial charge in [0.15, 0.2) is 5.78 Å². The van der Waals surface area contributed by atoms with Crippen molar-refractivity contribution in [3.05, 3.63) is 104 Å². The number of allylic oxidation sites excluding steroid dienone is 14. The number of aliphatic hydroxyl groups is 1. The van der Waals surface area contributed by atoms with E-state index in [9.17, 15) is 14.7 Å². The molecule has 1 aliphatic carbocycles. The first-order chi connectivity index (χ1) is 20.7. The van der Waals surface area contributed by atoms with Crippen molar-refractivity contribution in [3.63, 3.8) is 0 Å². The monoisotopic (exact) mass is 576 g/mol. The summed E-state index contributed by atoms with van der Waals surface area (Å²) >= 11 is 0. The lowest BCUT2D eigenvalue weighted by atomic mass is 9.86. The van der Waals surface area contributed by atoms with Gasteiger partial charge in [0.05, 0.1) is 47.6 Å². The normalized spacial score (nSPS) is 25.5. The molecule has 8 heteroatoms. The third kappa shape index (κ3) is 4.65. The Hall–Kier alpha value is -4.59. The van der Waals surface area contributed by atoms with E-state index in [0.29, 0.717) is 12.0 Å². The van der Waals surface area contributed by atoms with Crippen LogP contribution in [0.2, 0.25) is 0 Å². The van der Waals surface area contributed by atoms with E-state index >= 15 is 0 Å². The van der Waals surface area contributed by atoms with Crippen LogP contribution in [0.15, 0.2) is 119 Å². The Morgan fingerprint density at radius 1 is 1.07 bits per heavy atom. The number of fused-ring (bicyclic) bond motifs is 5. The number of Topliss-reactive ketones (excluding diaryl/α,β-unsaturated/α-hetero) is 1. The molecule has 220 valence electrons. The first-order valence-corrected chi connectivity index (χ1v) is 14.8. The summed E-state index contributed by atoms with van der Waals surface area (Å²) in [6.07, 6.45) is 12.5. The van der Waals surface area contributed by atoms with E-state index in [4.69, 9.17) is 19.7 Å². The summed E-state index contributed by atoms with van der Waals surface area (Å²) < 4.78 is 4.96. The van der Waals surface area contributed by atoms with Crippen LogP contribution < -0.4 is 5.32 Å². The Kier molecular flexibility index (Phi) is 7.24. The predicted molar refractivity (Wildman–Crippen MR) is 168 cm³/mol. The minimum Gasteiger partial charge on any atom is -0.516 e. The van der Waals surface area contributed by atoms with Crippen LogP contribution in [-0.2, 0) is 14.3 Å². The summed E-state index contributed by atoms with van der Waals surface area (Å²) in [5.74, 6) is -0.194. The standard InChI is InChI=1S/C35H36N4O4/c1-7-21-17(2)26-15-30-22(9-8-12-40)18(3)25(37-30)14-27-19(4)23(10-11-32(42)43-6)34(38-27)24-13-31(41)33-20(5)28(39-35(24)33)16-29(21)36-26/h8-9,12,14-16,19,23,38,40H,7,10-11,13H2,1-6H3/b12-8+,22-9+,26-15?,27-14?,28-16?,34-24?/t19-,23-/m0/s1. The van der Waals surface area contributed by atoms with Gasteiger partial charge in [0.2, 0.25) is 0 Å². The molecule has 43 heavy (non-hydrogen) atoms. The van der Waals surface area contributed by atoms with E-state index in [1.165, 1.54) is 7.11 Å². The maximum absolute atomic E-state index is 13.5. The number of aliphatic imine (C=N–C) groups is 3. The minimum atomic E-state index is -0.260. The molecular weight excluding hydrogens is 540 g/mol. The number of nitrogens with one attached hydrogen (secondary N) is 1. The molecule has 0 aromatic heterocycles. The van der Waals surface area contributed by atoms with Gasteiger partial charge in [-0.2, -0.15) is 0 Å². The fraction of sp³-hybridized carbons (Fsp3) is 0.343. The van der Waals surface area contributed by atoms with Crippen molar-refractivity contribution in [1.29, 1.82) is 0 Å². The molecule has 2 fully saturated rings. The van der Waals surface area contributed by atoms with Crippen molar-refractivity contribution < 1.29 is 19.4 Å². The molecule has 8 bridgehead atoms. The van der Waals surface area contributed by atoms with Crippen molar-refractivity contribution >= 4 is 28.9 Å². The topological polar surface area (TPSA) is 113 Å². The second-order valence-electron chi connectivity index (χ2n) is 11.6. The largest absolute Gasteiger partial charge is 0.516 e. The Morgan fingerprint density at radius 2 is 1.81 bits per heavy atom. The number of carbonyl (C=O) groups excluding carboxylic acids is 2. The van der Waals surface area contributed by atoms with E-state index in [2.05, 4.69) is 32.2 Å². The third-order valence-corrected chi connectivity index (χ3v) is 9.32. The highest BCUT2D eigenvalue weighted by molar-refractivity contribution is 6.38. The van der Waals surface area contributed by atoms with Crippen LogP contribution in [0.5, 0.6) is 0 Å². The molecule has 0 amide bonds. The molecule has 1 saturated carbocycles. The summed E-state index contributed by atoms with van der Waals surface area (Å²) in [6, 6.07) is 0. The first-order valence-electron chi connectivity index (χ1n) is 14.8. The van der Waals surface area contributed by atoms with Crippen molar-refractivity contribution in [2.24, 2.45) is 26.8 Å². The van der Waals surface area contributed by atoms with Crippen molar-refractivity contribution in [3.8, 4) is 0 Å². The molecule has 2 atom stereocenters. The number of methoxy groups -OCH3 is 1. The second-order valence-corrected chi connectivity index (χ2v) is 11.6. The molecule has 6 aliphatic rings. The highest BCUT2D eigenvalue weighted by Gasteiger charge is 2.43. The lowest BCUT2D eigenvalue weighted by molar-refractivity contribution is -0.140. The van der Waals surface area contributed by atoms with Gasteiger partial charge < -0.3 is 15.2 Å². The fourth-order valence-electron chi connectivity index (χ4n) is 6.83. The number of rotatable bonds is 5. The SMILES string of the molecule is CCC1=C(C)C2=CC3=NC(=C(C)/C3=C\C=C\O)C=C3NC(=C4CC(=O)C5=C(C)C(=CC1=N2)N=C45)[C@@H](CCC(=O)OC)[C@@H]3C. The number of ketones is 1. The molecule has 0 spiro atoms. The Bertz CT molecular complexity index is 1760. The number of ether oxygens (including phenoxy) is 1. The van der Waals surface area contributed by atoms with Gasteiger partial charge in [-0.3, -0.25) is 9.59 Å². The number of nitrogens with zero attached hydrogens (tertiary/aromatic N) is 3. The number of esters is 1. The maximum Gasteiger partial charge on any atom is 0.305 e. The average molecular weight is 577 g/mol. The van der Waals surface area contributed by atoms with Gasteiger partial charge in [-0.25, -0.2) is 15.0 Å². The van der Waals surface area contributed by atoms with Gasteiger partial charge >= 0.3 is 5.97 Å². The summed E-state index contributed by atoms with van der Waals surface area (Å²) in [5, 5.41) is 13.1. The van der Waals surface area contributed by atoms with Crippen molar-refractivity contribution in [2.45, 2.75) is 60.3 Å². The van der Waals surface area contributed by atoms with Gasteiger partial charge in [0.25, 0.3) is 0 Å². The third-order valence-electron chi connectivity index (χ3n) is 9.32. The maximum atomic E-state index is 13.5. The van der Waals surface area contributed by atoms with Gasteiger partial charge in [0.1, 0.15) is 0 Å². The zero-order valence-electron chi connectivity index (χ0n) is 25.5. The fourth-order valence-corrected chi connectivity index (χ4v) is 6.83. The molecule has 6 rings (SSSR count). The number of carbonyl (C=O) groups is 2. The highest BCUT2D eigenvalue weighted by atomic mass is 16.5. The molecule has 5 aliphatic heterocycles. The van der Waals surface area contributed by atoms with Crippen LogP contribution in [0, 0.1) is 11.8 Å². The lowest BCUT2D eigenvalue weighted by Crippen LogP contribution is -2.15. The Labute approximate surface area is 251 Å². The summed E-state index contributed by atoms with van der Waals surface area (Å²) in [5.41, 5.74) is 13.2. The Balaban J connectivity index is 1.61. The molecular formula is C35H36N4O4. The van der Waals surface area contributed by atoms with Gasteiger partial charge in [-0.15, -0.1) is 0 Å². The summed E-state index contributed by atoms with van der Waals surface area (Å²) in [6.45, 7) is 10.3. The van der Waals surface area contributed by atoms with Crippen molar-refractivity contribution in [1.82, 2.24) is 5.32 Å². The zero-order chi connectivity index (χ0) is 30.6. The molecule has 0 unspecified atom stereocenters. The van der Waals surface area contributed by atoms with Crippen LogP contribution >= 0.6 is 0 Å². The van der Waals surface area contributed by atoms with E-state index in [1.807, 2.05) is 32.1 Å². The molecule has 8 nitrogen and oxygen atoms in total. The van der Waals surface area contributed by atoms with E-state index in [0.717, 1.165) is 91.7 Å². The summed E-state index contributed by atoms with van der Waals surface area (Å²) in [7, 11) is 1.40. The van der Waals surface area contributed by atoms with Crippen LogP contribution in [-0.4, -0.2) is 41.1 Å². The quantitative estimate of drug-likeness (QED) is 0.292. The van der Waals surface area contributed by atoms with Crippen LogP contribution in [0.25, 0.3) is 0 Å². The van der Waals surface area contributed by atoms with Crippen molar-refractivity contribution in [2.75, 3.05) is 7.11 Å². The number of hydrogen-bond donors (Lipinski definition) is 2. The minimum absolute atomic E-state index is 0.0305. The molecule has 1 saturated heterocycles. The second kappa shape index (κ2) is 10.9. The van der Waals surface area contributed by atoms with Crippen LogP contribution in [0.3, 0.4) is 0 Å². The molecule has 2 N–H and O–H groups in total. The zero-order valence-corrected chi connectivity index (χ0v) is 25.5. The van der Waals surface area contributed by atoms with Gasteiger partial charge in [0, 0.05) is 52.8 Å². The average Bonchev–Trinajstić information content (AvgIpc) is 3.73. The predicted octanol–water partition coefficient (Wildman–Crippen LogP) is 6.37. The van der Waals surface area contributed by atoms with Crippen LogP contribution in [0.4, 0.5) is 0 Å². The number of aliphatic hydroxyl groups excluding tert-OH is 1. The molecule has 0 aromatic rings. The first kappa shape index (κ1) is 28.5. The Morgan fingerprint density at radius 3 is 2.53 bits per heavy atom. The summed E-state index contributed by atoms with van der Waals surface area (Å²) in [4.78, 5) is 40.8. The molecule has 5 heterocycles. The van der Waals surface area contributed by atoms with Gasteiger partial charge in [-0.1, -0.05) is 13.8 Å². The van der Waals surface area contributed by atoms with E-state index < -0.39 is 0 Å². The highest BCUT2D eigenvalue weighted by Crippen LogP contribution is 2.45. The van der Waals surface area contributed by atoms with Gasteiger partial charge in [-0.05, 0) is 86.3 Å². The van der Waals surface area contributed by atoms with E-state index in [1.54, 1.807) is 6.08 Å². The smallest absolute Gasteiger partial charge is 0.305 e. The van der Waals surface area contributed by atoms with E-state index in [-0.39, 0.29) is 36.4 Å². The molecule has 0 aromatic carbocycles.